The molecule has 0 aromatic heterocycles. The highest BCUT2D eigenvalue weighted by Gasteiger charge is 2.29. The molecular weight excluding hydrogens is 431 g/mol. The van der Waals surface area contributed by atoms with E-state index in [-0.39, 0.29) is 24.4 Å². The molecule has 0 radical (unpaired) electrons. The third kappa shape index (κ3) is 4.36. The second-order valence-electron chi connectivity index (χ2n) is 6.92. The Morgan fingerprint density at radius 3 is 2.56 bits per heavy atom. The molecule has 2 amide bonds. The fourth-order valence-corrected chi connectivity index (χ4v) is 4.37. The molecule has 6 nitrogen and oxygen atoms in total. The Kier molecular flexibility index (Phi) is 6.23. The topological polar surface area (TPSA) is 75.7 Å². The molecule has 8 heteroatoms. The first kappa shape index (κ1) is 21.6. The first-order chi connectivity index (χ1) is 15.5. The summed E-state index contributed by atoms with van der Waals surface area (Å²) in [5.74, 6) is -2.06. The molecule has 0 aliphatic carbocycles. The number of nitrogens with zero attached hydrogens (tertiary/aromatic N) is 1. The molecule has 1 aliphatic heterocycles. The summed E-state index contributed by atoms with van der Waals surface area (Å²) in [7, 11) is 0. The minimum absolute atomic E-state index is 0.0232. The van der Waals surface area contributed by atoms with E-state index in [0.717, 1.165) is 4.90 Å². The molecule has 1 aliphatic rings. The molecule has 0 atom stereocenters. The quantitative estimate of drug-likeness (QED) is 0.568. The number of amides is 2. The van der Waals surface area contributed by atoms with Crippen LogP contribution < -0.4 is 10.2 Å². The number of anilines is 2. The maximum absolute atomic E-state index is 14.0. The molecule has 0 spiro atoms. The van der Waals surface area contributed by atoms with Crippen molar-refractivity contribution in [1.29, 1.82) is 0 Å². The van der Waals surface area contributed by atoms with Gasteiger partial charge in [0.2, 0.25) is 5.91 Å². The van der Waals surface area contributed by atoms with Crippen molar-refractivity contribution in [3.8, 4) is 0 Å². The Morgan fingerprint density at radius 2 is 1.78 bits per heavy atom. The fraction of sp³-hybridized carbons (Fsp3) is 0.125. The number of para-hydroxylation sites is 1. The van der Waals surface area contributed by atoms with Crippen LogP contribution in [0.2, 0.25) is 0 Å². The molecule has 3 aromatic carbocycles. The lowest BCUT2D eigenvalue weighted by Gasteiger charge is -2.23. The second kappa shape index (κ2) is 9.23. The Bertz CT molecular complexity index is 1210. The molecule has 162 valence electrons. The van der Waals surface area contributed by atoms with Gasteiger partial charge in [-0.15, -0.1) is 0 Å². The zero-order valence-electron chi connectivity index (χ0n) is 17.1. The number of fused-ring (bicyclic) bond motifs is 2. The molecule has 0 saturated heterocycles. The Labute approximate surface area is 188 Å². The summed E-state index contributed by atoms with van der Waals surface area (Å²) in [6.07, 6.45) is 0. The number of rotatable bonds is 5. The number of hydrogen-bond donors (Lipinski definition) is 1. The highest BCUT2D eigenvalue weighted by atomic mass is 32.2. The first-order valence-corrected chi connectivity index (χ1v) is 10.7. The summed E-state index contributed by atoms with van der Waals surface area (Å²) in [6.45, 7) is 1.56. The third-order valence-corrected chi connectivity index (χ3v) is 5.93. The number of nitrogens with one attached hydrogen (secondary N) is 1. The first-order valence-electron chi connectivity index (χ1n) is 9.92. The Balaban J connectivity index is 1.72. The van der Waals surface area contributed by atoms with E-state index in [1.54, 1.807) is 43.3 Å². The van der Waals surface area contributed by atoms with Gasteiger partial charge < -0.3 is 10.1 Å². The van der Waals surface area contributed by atoms with Crippen LogP contribution >= 0.6 is 11.8 Å². The summed E-state index contributed by atoms with van der Waals surface area (Å²) in [5, 5.41) is 2.50. The summed E-state index contributed by atoms with van der Waals surface area (Å²) >= 11 is 1.37. The van der Waals surface area contributed by atoms with Crippen molar-refractivity contribution in [2.45, 2.75) is 16.7 Å². The van der Waals surface area contributed by atoms with Crippen LogP contribution in [0.1, 0.15) is 27.6 Å². The van der Waals surface area contributed by atoms with Gasteiger partial charge in [0.1, 0.15) is 12.4 Å². The Morgan fingerprint density at radius 1 is 1.03 bits per heavy atom. The van der Waals surface area contributed by atoms with Crippen molar-refractivity contribution < 1.29 is 23.5 Å². The van der Waals surface area contributed by atoms with Crippen LogP contribution in [0.15, 0.2) is 76.5 Å². The van der Waals surface area contributed by atoms with Crippen molar-refractivity contribution in [2.75, 3.05) is 23.4 Å². The fourth-order valence-electron chi connectivity index (χ4n) is 3.31. The van der Waals surface area contributed by atoms with Crippen molar-refractivity contribution >= 4 is 40.9 Å². The number of halogens is 1. The number of ether oxygens (including phenoxy) is 1. The van der Waals surface area contributed by atoms with Crippen molar-refractivity contribution in [3.05, 3.63) is 83.7 Å². The van der Waals surface area contributed by atoms with E-state index in [1.165, 1.54) is 34.9 Å². The lowest BCUT2D eigenvalue weighted by atomic mass is 10.1. The second-order valence-corrected chi connectivity index (χ2v) is 8.00. The van der Waals surface area contributed by atoms with Gasteiger partial charge in [-0.1, -0.05) is 36.0 Å². The van der Waals surface area contributed by atoms with Gasteiger partial charge in [0.15, 0.2) is 0 Å². The van der Waals surface area contributed by atoms with Crippen LogP contribution in [0, 0.1) is 5.82 Å². The SMILES string of the molecule is CCOC(=O)c1ccc2c(c1)N(CC(=O)Nc1ccccc1F)C(=O)c1ccccc1S2. The number of carbonyl (C=O) groups is 3. The van der Waals surface area contributed by atoms with E-state index >= 15 is 0 Å². The normalized spacial score (nSPS) is 12.4. The van der Waals surface area contributed by atoms with Crippen LogP contribution in [0.25, 0.3) is 0 Å². The van der Waals surface area contributed by atoms with Gasteiger partial charge >= 0.3 is 5.97 Å². The molecule has 4 rings (SSSR count). The molecule has 1 heterocycles. The summed E-state index contributed by atoms with van der Waals surface area (Å²) in [6, 6.07) is 17.8. The van der Waals surface area contributed by atoms with Crippen molar-refractivity contribution in [1.82, 2.24) is 0 Å². The van der Waals surface area contributed by atoms with Crippen LogP contribution in [-0.2, 0) is 9.53 Å². The molecule has 1 N–H and O–H groups in total. The van der Waals surface area contributed by atoms with Gasteiger partial charge in [0, 0.05) is 9.79 Å². The van der Waals surface area contributed by atoms with E-state index in [1.807, 2.05) is 12.1 Å². The molecule has 32 heavy (non-hydrogen) atoms. The molecule has 0 unspecified atom stereocenters. The number of hydrogen-bond acceptors (Lipinski definition) is 5. The maximum Gasteiger partial charge on any atom is 0.338 e. The van der Waals surface area contributed by atoms with Crippen LogP contribution in [0.4, 0.5) is 15.8 Å². The van der Waals surface area contributed by atoms with Gasteiger partial charge in [0.05, 0.1) is 29.1 Å². The standard InChI is InChI=1S/C24H19FN2O4S/c1-2-31-24(30)15-11-12-21-19(13-15)27(23(29)16-7-3-6-10-20(16)32-21)14-22(28)26-18-9-5-4-8-17(18)25/h3-13H,2,14H2,1H3,(H,26,28). The zero-order valence-corrected chi connectivity index (χ0v) is 17.9. The van der Waals surface area contributed by atoms with Gasteiger partial charge in [0.25, 0.3) is 5.91 Å². The van der Waals surface area contributed by atoms with E-state index in [2.05, 4.69) is 5.32 Å². The number of esters is 1. The van der Waals surface area contributed by atoms with E-state index in [4.69, 9.17) is 4.74 Å². The number of benzene rings is 3. The Hall–Kier alpha value is -3.65. The summed E-state index contributed by atoms with van der Waals surface area (Å²) < 4.78 is 19.0. The number of carbonyl (C=O) groups excluding carboxylic acids is 3. The monoisotopic (exact) mass is 450 g/mol. The maximum atomic E-state index is 14.0. The largest absolute Gasteiger partial charge is 0.462 e. The lowest BCUT2D eigenvalue weighted by Crippen LogP contribution is -2.38. The van der Waals surface area contributed by atoms with Crippen LogP contribution in [0.5, 0.6) is 0 Å². The molecule has 3 aromatic rings. The smallest absolute Gasteiger partial charge is 0.338 e. The highest BCUT2D eigenvalue weighted by Crippen LogP contribution is 2.41. The molecular formula is C24H19FN2O4S. The zero-order chi connectivity index (χ0) is 22.7. The van der Waals surface area contributed by atoms with Crippen molar-refractivity contribution in [2.24, 2.45) is 0 Å². The summed E-state index contributed by atoms with van der Waals surface area (Å²) in [4.78, 5) is 41.2. The van der Waals surface area contributed by atoms with Gasteiger partial charge in [-0.3, -0.25) is 14.5 Å². The van der Waals surface area contributed by atoms with Crippen LogP contribution in [-0.4, -0.2) is 30.9 Å². The van der Waals surface area contributed by atoms with Crippen LogP contribution in [0.3, 0.4) is 0 Å². The van der Waals surface area contributed by atoms with Gasteiger partial charge in [-0.25, -0.2) is 9.18 Å². The highest BCUT2D eigenvalue weighted by molar-refractivity contribution is 7.99. The average molecular weight is 450 g/mol. The lowest BCUT2D eigenvalue weighted by molar-refractivity contribution is -0.115. The minimum Gasteiger partial charge on any atom is -0.462 e. The minimum atomic E-state index is -0.575. The molecule has 0 bridgehead atoms. The molecule has 0 fully saturated rings. The predicted molar refractivity (Wildman–Crippen MR) is 120 cm³/mol. The van der Waals surface area contributed by atoms with E-state index in [9.17, 15) is 18.8 Å². The predicted octanol–water partition coefficient (Wildman–Crippen LogP) is 4.75. The average Bonchev–Trinajstić information content (AvgIpc) is 2.90. The van der Waals surface area contributed by atoms with Gasteiger partial charge in [-0.05, 0) is 49.4 Å². The van der Waals surface area contributed by atoms with E-state index in [0.29, 0.717) is 16.1 Å². The third-order valence-electron chi connectivity index (χ3n) is 4.79. The van der Waals surface area contributed by atoms with Gasteiger partial charge in [-0.2, -0.15) is 0 Å². The summed E-state index contributed by atoms with van der Waals surface area (Å²) in [5.41, 5.74) is 1.13. The van der Waals surface area contributed by atoms with E-state index < -0.39 is 23.6 Å². The molecule has 0 saturated carbocycles. The van der Waals surface area contributed by atoms with Crippen molar-refractivity contribution in [3.63, 3.8) is 0 Å².